The number of hydrogen-bond acceptors (Lipinski definition) is 4. The summed E-state index contributed by atoms with van der Waals surface area (Å²) in [6.45, 7) is 7.04. The summed E-state index contributed by atoms with van der Waals surface area (Å²) in [7, 11) is 1.57. The van der Waals surface area contributed by atoms with Crippen molar-refractivity contribution in [2.45, 2.75) is 39.8 Å². The second-order valence-corrected chi connectivity index (χ2v) is 6.02. The van der Waals surface area contributed by atoms with Crippen LogP contribution < -0.4 is 10.1 Å². The zero-order chi connectivity index (χ0) is 14.5. The highest BCUT2D eigenvalue weighted by molar-refractivity contribution is 5.39. The van der Waals surface area contributed by atoms with Crippen molar-refractivity contribution >= 4 is 0 Å². The Balaban J connectivity index is 2.60. The first-order chi connectivity index (χ1) is 8.85. The van der Waals surface area contributed by atoms with Crippen molar-refractivity contribution in [3.8, 4) is 11.5 Å². The van der Waals surface area contributed by atoms with Gasteiger partial charge in [-0.15, -0.1) is 0 Å². The van der Waals surface area contributed by atoms with Crippen molar-refractivity contribution in [2.24, 2.45) is 5.41 Å². The highest BCUT2D eigenvalue weighted by atomic mass is 16.5. The molecule has 0 heterocycles. The minimum absolute atomic E-state index is 0.0292. The molecule has 1 unspecified atom stereocenters. The number of phenols is 1. The third kappa shape index (κ3) is 5.49. The van der Waals surface area contributed by atoms with Crippen LogP contribution in [0.4, 0.5) is 0 Å². The summed E-state index contributed by atoms with van der Waals surface area (Å²) in [4.78, 5) is 0. The van der Waals surface area contributed by atoms with E-state index in [2.05, 4.69) is 26.1 Å². The van der Waals surface area contributed by atoms with Crippen LogP contribution in [0.3, 0.4) is 0 Å². The molecule has 108 valence electrons. The highest BCUT2D eigenvalue weighted by Crippen LogP contribution is 2.24. The first kappa shape index (κ1) is 15.8. The van der Waals surface area contributed by atoms with E-state index >= 15 is 0 Å². The van der Waals surface area contributed by atoms with Crippen LogP contribution in [-0.4, -0.2) is 30.0 Å². The van der Waals surface area contributed by atoms with Crippen molar-refractivity contribution in [3.05, 3.63) is 23.8 Å². The van der Waals surface area contributed by atoms with Crippen LogP contribution in [0, 0.1) is 5.41 Å². The van der Waals surface area contributed by atoms with Crippen molar-refractivity contribution in [2.75, 3.05) is 13.7 Å². The zero-order valence-electron chi connectivity index (χ0n) is 12.2. The molecule has 4 nitrogen and oxygen atoms in total. The van der Waals surface area contributed by atoms with Crippen molar-refractivity contribution in [1.29, 1.82) is 0 Å². The number of nitrogens with one attached hydrogen (secondary N) is 1. The fourth-order valence-electron chi connectivity index (χ4n) is 2.01. The molecule has 0 aliphatic rings. The number of hydrogen-bond donors (Lipinski definition) is 3. The van der Waals surface area contributed by atoms with Gasteiger partial charge in [0.2, 0.25) is 0 Å². The maximum Gasteiger partial charge on any atom is 0.123 e. The summed E-state index contributed by atoms with van der Waals surface area (Å²) in [5.74, 6) is 0.842. The third-order valence-electron chi connectivity index (χ3n) is 2.95. The summed E-state index contributed by atoms with van der Waals surface area (Å²) >= 11 is 0. The second-order valence-electron chi connectivity index (χ2n) is 6.02. The topological polar surface area (TPSA) is 61.7 Å². The van der Waals surface area contributed by atoms with Gasteiger partial charge in [0.05, 0.1) is 13.7 Å². The molecule has 4 heteroatoms. The number of methoxy groups -OCH3 is 1. The Morgan fingerprint density at radius 2 is 2.00 bits per heavy atom. The lowest BCUT2D eigenvalue weighted by molar-refractivity contribution is 0.197. The quantitative estimate of drug-likeness (QED) is 0.740. The van der Waals surface area contributed by atoms with E-state index < -0.39 is 0 Å². The Kier molecular flexibility index (Phi) is 5.63. The molecule has 1 aromatic carbocycles. The molecular weight excluding hydrogens is 242 g/mol. The Labute approximate surface area is 115 Å². The van der Waals surface area contributed by atoms with Crippen molar-refractivity contribution < 1.29 is 14.9 Å². The molecule has 1 atom stereocenters. The molecule has 0 amide bonds. The van der Waals surface area contributed by atoms with Gasteiger partial charge in [-0.25, -0.2) is 0 Å². The SMILES string of the molecule is COc1ccc(CNC(CO)CC(C)(C)C)c(O)c1. The van der Waals surface area contributed by atoms with Crippen LogP contribution in [0.1, 0.15) is 32.8 Å². The van der Waals surface area contributed by atoms with Crippen LogP contribution in [-0.2, 0) is 6.54 Å². The van der Waals surface area contributed by atoms with Gasteiger partial charge in [0.1, 0.15) is 11.5 Å². The predicted octanol–water partition coefficient (Wildman–Crippen LogP) is 2.29. The predicted molar refractivity (Wildman–Crippen MR) is 76.4 cm³/mol. The van der Waals surface area contributed by atoms with Gasteiger partial charge in [0.25, 0.3) is 0 Å². The Morgan fingerprint density at radius 3 is 2.47 bits per heavy atom. The zero-order valence-corrected chi connectivity index (χ0v) is 12.2. The van der Waals surface area contributed by atoms with E-state index in [0.29, 0.717) is 12.3 Å². The molecule has 0 aliphatic heterocycles. The van der Waals surface area contributed by atoms with Gasteiger partial charge >= 0.3 is 0 Å². The van der Waals surface area contributed by atoms with Gasteiger partial charge < -0.3 is 20.3 Å². The summed E-state index contributed by atoms with van der Waals surface area (Å²) in [5, 5.41) is 22.5. The van der Waals surface area contributed by atoms with Gasteiger partial charge in [0.15, 0.2) is 0 Å². The second kappa shape index (κ2) is 6.78. The summed E-state index contributed by atoms with van der Waals surface area (Å²) in [6.07, 6.45) is 0.875. The number of aliphatic hydroxyl groups is 1. The number of benzene rings is 1. The van der Waals surface area contributed by atoms with Crippen LogP contribution in [0.2, 0.25) is 0 Å². The molecule has 0 spiro atoms. The molecule has 0 aliphatic carbocycles. The third-order valence-corrected chi connectivity index (χ3v) is 2.95. The van der Waals surface area contributed by atoms with Gasteiger partial charge in [-0.1, -0.05) is 26.8 Å². The van der Waals surface area contributed by atoms with Crippen molar-refractivity contribution in [3.63, 3.8) is 0 Å². The fraction of sp³-hybridized carbons (Fsp3) is 0.600. The number of rotatable bonds is 6. The minimum Gasteiger partial charge on any atom is -0.507 e. The van der Waals surface area contributed by atoms with E-state index in [-0.39, 0.29) is 23.8 Å². The van der Waals surface area contributed by atoms with Crippen LogP contribution in [0.25, 0.3) is 0 Å². The van der Waals surface area contributed by atoms with Crippen LogP contribution >= 0.6 is 0 Å². The summed E-state index contributed by atoms with van der Waals surface area (Å²) in [6, 6.07) is 5.26. The van der Waals surface area contributed by atoms with Gasteiger partial charge in [0, 0.05) is 24.2 Å². The average Bonchev–Trinajstić information content (AvgIpc) is 2.34. The number of phenolic OH excluding ortho intramolecular Hbond substituents is 1. The van der Waals surface area contributed by atoms with Crippen molar-refractivity contribution in [1.82, 2.24) is 5.32 Å². The average molecular weight is 267 g/mol. The molecule has 1 rings (SSSR count). The molecule has 3 N–H and O–H groups in total. The number of ether oxygens (including phenoxy) is 1. The van der Waals surface area contributed by atoms with Gasteiger partial charge in [-0.3, -0.25) is 0 Å². The maximum atomic E-state index is 9.86. The largest absolute Gasteiger partial charge is 0.507 e. The fourth-order valence-corrected chi connectivity index (χ4v) is 2.01. The van der Waals surface area contributed by atoms with Crippen LogP contribution in [0.15, 0.2) is 18.2 Å². The van der Waals surface area contributed by atoms with Gasteiger partial charge in [-0.05, 0) is 17.9 Å². The lowest BCUT2D eigenvalue weighted by atomic mass is 9.88. The first-order valence-electron chi connectivity index (χ1n) is 6.56. The lowest BCUT2D eigenvalue weighted by Crippen LogP contribution is -2.35. The Morgan fingerprint density at radius 1 is 1.32 bits per heavy atom. The lowest BCUT2D eigenvalue weighted by Gasteiger charge is -2.25. The van der Waals surface area contributed by atoms with E-state index in [4.69, 9.17) is 4.74 Å². The van der Waals surface area contributed by atoms with Gasteiger partial charge in [-0.2, -0.15) is 0 Å². The van der Waals surface area contributed by atoms with Crippen LogP contribution in [0.5, 0.6) is 11.5 Å². The Hall–Kier alpha value is -1.26. The Bertz CT molecular complexity index is 399. The normalized spacial score (nSPS) is 13.3. The van der Waals surface area contributed by atoms with E-state index in [0.717, 1.165) is 12.0 Å². The first-order valence-corrected chi connectivity index (χ1v) is 6.56. The monoisotopic (exact) mass is 267 g/mol. The highest BCUT2D eigenvalue weighted by Gasteiger charge is 2.18. The molecule has 0 fully saturated rings. The van der Waals surface area contributed by atoms with E-state index in [1.54, 1.807) is 13.2 Å². The molecule has 19 heavy (non-hydrogen) atoms. The minimum atomic E-state index is 0.0292. The summed E-state index contributed by atoms with van der Waals surface area (Å²) in [5.41, 5.74) is 0.954. The maximum absolute atomic E-state index is 9.86. The molecule has 1 aromatic rings. The molecule has 0 saturated heterocycles. The molecular formula is C15H25NO3. The standard InChI is InChI=1S/C15H25NO3/c1-15(2,3)8-12(10-17)16-9-11-5-6-13(19-4)7-14(11)18/h5-7,12,16-18H,8-10H2,1-4H3. The van der Waals surface area contributed by atoms with E-state index in [1.807, 2.05) is 12.1 Å². The van der Waals surface area contributed by atoms with E-state index in [1.165, 1.54) is 0 Å². The molecule has 0 bridgehead atoms. The molecule has 0 radical (unpaired) electrons. The smallest absolute Gasteiger partial charge is 0.123 e. The molecule has 0 aromatic heterocycles. The molecule has 0 saturated carbocycles. The number of aromatic hydroxyl groups is 1. The number of aliphatic hydroxyl groups excluding tert-OH is 1. The summed E-state index contributed by atoms with van der Waals surface area (Å²) < 4.78 is 5.04. The van der Waals surface area contributed by atoms with E-state index in [9.17, 15) is 10.2 Å².